The highest BCUT2D eigenvalue weighted by Gasteiger charge is 2.44. The predicted octanol–water partition coefficient (Wildman–Crippen LogP) is -1.53. The number of piperazine rings is 1. The Morgan fingerprint density at radius 3 is 2.38 bits per heavy atom. The van der Waals surface area contributed by atoms with Gasteiger partial charge < -0.3 is 25.7 Å². The lowest BCUT2D eigenvalue weighted by molar-refractivity contribution is -0.150. The number of amides is 2. The molecule has 2 amide bonds. The van der Waals surface area contributed by atoms with Crippen LogP contribution in [0.3, 0.4) is 0 Å². The van der Waals surface area contributed by atoms with Crippen molar-refractivity contribution in [3.05, 3.63) is 0 Å². The number of nitrogens with zero attached hydrogens (tertiary/aromatic N) is 2. The van der Waals surface area contributed by atoms with Gasteiger partial charge in [0.2, 0.25) is 11.8 Å². The van der Waals surface area contributed by atoms with Gasteiger partial charge in [0.05, 0.1) is 12.6 Å². The number of hydrogen-bond donors (Lipinski definition) is 4. The third-order valence-electron chi connectivity index (χ3n) is 4.84. The number of aliphatic hydroxyl groups excluding tert-OH is 1. The van der Waals surface area contributed by atoms with Crippen LogP contribution in [0.25, 0.3) is 0 Å². The molecular formula is C17H30N4O5. The van der Waals surface area contributed by atoms with Crippen molar-refractivity contribution in [2.45, 2.75) is 45.4 Å². The number of carbonyl (C=O) groups excluding carboxylic acids is 2. The molecule has 0 aromatic carbocycles. The Labute approximate surface area is 153 Å². The van der Waals surface area contributed by atoms with E-state index in [1.165, 1.54) is 4.90 Å². The Balaban J connectivity index is 2.07. The van der Waals surface area contributed by atoms with Gasteiger partial charge in [-0.15, -0.1) is 0 Å². The second-order valence-corrected chi connectivity index (χ2v) is 8.13. The van der Waals surface area contributed by atoms with Gasteiger partial charge in [0.1, 0.15) is 12.1 Å². The maximum Gasteiger partial charge on any atom is 0.326 e. The van der Waals surface area contributed by atoms with Gasteiger partial charge in [-0.1, -0.05) is 20.8 Å². The van der Waals surface area contributed by atoms with Gasteiger partial charge in [0, 0.05) is 39.1 Å². The maximum atomic E-state index is 13.0. The van der Waals surface area contributed by atoms with Crippen molar-refractivity contribution in [3.8, 4) is 0 Å². The third-order valence-corrected chi connectivity index (χ3v) is 4.84. The molecular weight excluding hydrogens is 340 g/mol. The van der Waals surface area contributed by atoms with Crippen LogP contribution < -0.4 is 10.6 Å². The van der Waals surface area contributed by atoms with Gasteiger partial charge in [-0.2, -0.15) is 0 Å². The normalized spacial score (nSPS) is 25.8. The molecule has 0 bridgehead atoms. The summed E-state index contributed by atoms with van der Waals surface area (Å²) in [6.07, 6.45) is -0.857. The number of rotatable bonds is 5. The summed E-state index contributed by atoms with van der Waals surface area (Å²) in [7, 11) is 0. The molecule has 2 aliphatic heterocycles. The molecule has 4 N–H and O–H groups in total. The van der Waals surface area contributed by atoms with Gasteiger partial charge in [0.25, 0.3) is 0 Å². The second kappa shape index (κ2) is 8.32. The van der Waals surface area contributed by atoms with Crippen molar-refractivity contribution >= 4 is 17.8 Å². The molecule has 0 aliphatic carbocycles. The summed E-state index contributed by atoms with van der Waals surface area (Å²) in [5, 5.41) is 25.1. The molecule has 26 heavy (non-hydrogen) atoms. The molecule has 2 fully saturated rings. The molecule has 148 valence electrons. The number of aliphatic carboxylic acids is 1. The molecule has 3 atom stereocenters. The molecule has 0 aromatic heterocycles. The lowest BCUT2D eigenvalue weighted by Crippen LogP contribution is -2.58. The van der Waals surface area contributed by atoms with Crippen LogP contribution in [0.15, 0.2) is 0 Å². The SMILES string of the molecule is CC(C)(C)[C@H](NC(=O)CN1CCNCC1)C(=O)N1C[C@H](O)C[C@H]1C(=O)O. The van der Waals surface area contributed by atoms with E-state index in [0.717, 1.165) is 26.2 Å². The van der Waals surface area contributed by atoms with Crippen molar-refractivity contribution in [2.24, 2.45) is 5.41 Å². The van der Waals surface area contributed by atoms with E-state index in [0.29, 0.717) is 0 Å². The first-order valence-corrected chi connectivity index (χ1v) is 9.03. The highest BCUT2D eigenvalue weighted by molar-refractivity contribution is 5.92. The van der Waals surface area contributed by atoms with Crippen molar-refractivity contribution < 1.29 is 24.6 Å². The molecule has 0 spiro atoms. The molecule has 9 heteroatoms. The first-order valence-electron chi connectivity index (χ1n) is 9.03. The van der Waals surface area contributed by atoms with Gasteiger partial charge in [-0.25, -0.2) is 4.79 Å². The minimum atomic E-state index is -1.14. The number of carbonyl (C=O) groups is 3. The average molecular weight is 370 g/mol. The van der Waals surface area contributed by atoms with Crippen LogP contribution in [-0.4, -0.2) is 95.3 Å². The fourth-order valence-electron chi connectivity index (χ4n) is 3.38. The summed E-state index contributed by atoms with van der Waals surface area (Å²) in [5.74, 6) is -1.86. The zero-order valence-electron chi connectivity index (χ0n) is 15.7. The molecule has 0 aromatic rings. The predicted molar refractivity (Wildman–Crippen MR) is 94.5 cm³/mol. The van der Waals surface area contributed by atoms with Crippen molar-refractivity contribution in [1.82, 2.24) is 20.4 Å². The van der Waals surface area contributed by atoms with E-state index in [9.17, 15) is 24.6 Å². The van der Waals surface area contributed by atoms with Crippen LogP contribution in [-0.2, 0) is 14.4 Å². The molecule has 9 nitrogen and oxygen atoms in total. The Hall–Kier alpha value is -1.71. The molecule has 0 unspecified atom stereocenters. The maximum absolute atomic E-state index is 13.0. The smallest absolute Gasteiger partial charge is 0.326 e. The lowest BCUT2D eigenvalue weighted by atomic mass is 9.85. The highest BCUT2D eigenvalue weighted by atomic mass is 16.4. The van der Waals surface area contributed by atoms with E-state index in [2.05, 4.69) is 10.6 Å². The van der Waals surface area contributed by atoms with E-state index in [1.807, 2.05) is 25.7 Å². The summed E-state index contributed by atoms with van der Waals surface area (Å²) >= 11 is 0. The quantitative estimate of drug-likeness (QED) is 0.463. The fraction of sp³-hybridized carbons (Fsp3) is 0.824. The molecule has 2 rings (SSSR count). The van der Waals surface area contributed by atoms with Crippen molar-refractivity contribution in [3.63, 3.8) is 0 Å². The monoisotopic (exact) mass is 370 g/mol. The van der Waals surface area contributed by atoms with Crippen LogP contribution in [0.5, 0.6) is 0 Å². The van der Waals surface area contributed by atoms with Gasteiger partial charge in [0.15, 0.2) is 0 Å². The van der Waals surface area contributed by atoms with E-state index >= 15 is 0 Å². The summed E-state index contributed by atoms with van der Waals surface area (Å²) < 4.78 is 0. The minimum absolute atomic E-state index is 0.00661. The van der Waals surface area contributed by atoms with Crippen LogP contribution in [0.2, 0.25) is 0 Å². The van der Waals surface area contributed by atoms with Crippen molar-refractivity contribution in [1.29, 1.82) is 0 Å². The first-order chi connectivity index (χ1) is 12.1. The Bertz CT molecular complexity index is 542. The molecule has 0 saturated carbocycles. The molecule has 2 aliphatic rings. The summed E-state index contributed by atoms with van der Waals surface area (Å²) in [6.45, 7) is 8.81. The number of nitrogens with one attached hydrogen (secondary N) is 2. The van der Waals surface area contributed by atoms with Crippen LogP contribution in [0, 0.1) is 5.41 Å². The summed E-state index contributed by atoms with van der Waals surface area (Å²) in [5.41, 5.74) is -0.590. The zero-order chi connectivity index (χ0) is 19.5. The summed E-state index contributed by atoms with van der Waals surface area (Å²) in [6, 6.07) is -1.92. The van der Waals surface area contributed by atoms with E-state index < -0.39 is 35.5 Å². The topological polar surface area (TPSA) is 122 Å². The van der Waals surface area contributed by atoms with Gasteiger partial charge in [-0.05, 0) is 5.41 Å². The number of likely N-dealkylation sites (tertiary alicyclic amines) is 1. The van der Waals surface area contributed by atoms with Crippen LogP contribution >= 0.6 is 0 Å². The third kappa shape index (κ3) is 5.15. The standard InChI is InChI=1S/C17H30N4O5/c1-17(2,3)14(19-13(23)10-20-6-4-18-5-7-20)15(24)21-9-11(22)8-12(21)16(25)26/h11-12,14,18,22H,4-10H2,1-3H3,(H,19,23)(H,25,26)/t11-,12+,14-/m1/s1. The average Bonchev–Trinajstić information content (AvgIpc) is 2.94. The number of β-amino-alcohol motifs (C(OH)–C–C–N with tert-alkyl or cyclic N) is 1. The number of hydrogen-bond acceptors (Lipinski definition) is 6. The van der Waals surface area contributed by atoms with Crippen molar-refractivity contribution in [2.75, 3.05) is 39.3 Å². The number of aliphatic hydroxyl groups is 1. The van der Waals surface area contributed by atoms with E-state index in [4.69, 9.17) is 0 Å². The molecule has 2 saturated heterocycles. The lowest BCUT2D eigenvalue weighted by Gasteiger charge is -2.35. The Morgan fingerprint density at radius 1 is 1.23 bits per heavy atom. The largest absolute Gasteiger partial charge is 0.480 e. The van der Waals surface area contributed by atoms with Crippen LogP contribution in [0.4, 0.5) is 0 Å². The van der Waals surface area contributed by atoms with Gasteiger partial charge >= 0.3 is 5.97 Å². The molecule has 2 heterocycles. The number of carboxylic acid groups (broad SMARTS) is 1. The van der Waals surface area contributed by atoms with E-state index in [1.54, 1.807) is 0 Å². The first kappa shape index (κ1) is 20.6. The number of carboxylic acids is 1. The van der Waals surface area contributed by atoms with E-state index in [-0.39, 0.29) is 25.4 Å². The van der Waals surface area contributed by atoms with Gasteiger partial charge in [-0.3, -0.25) is 14.5 Å². The van der Waals surface area contributed by atoms with Crippen LogP contribution in [0.1, 0.15) is 27.2 Å². The molecule has 0 radical (unpaired) electrons. The fourth-order valence-corrected chi connectivity index (χ4v) is 3.38. The second-order valence-electron chi connectivity index (χ2n) is 8.13. The zero-order valence-corrected chi connectivity index (χ0v) is 15.7. The minimum Gasteiger partial charge on any atom is -0.480 e. The highest BCUT2D eigenvalue weighted by Crippen LogP contribution is 2.26. The Morgan fingerprint density at radius 2 is 1.85 bits per heavy atom. The Kier molecular flexibility index (Phi) is 6.59. The summed E-state index contributed by atoms with van der Waals surface area (Å²) in [4.78, 5) is 40.0.